The van der Waals surface area contributed by atoms with Gasteiger partial charge in [-0.3, -0.25) is 14.4 Å². The van der Waals surface area contributed by atoms with E-state index in [1.807, 2.05) is 44.2 Å². The fourth-order valence-electron chi connectivity index (χ4n) is 4.70. The van der Waals surface area contributed by atoms with E-state index in [2.05, 4.69) is 0 Å². The van der Waals surface area contributed by atoms with E-state index in [9.17, 15) is 14.7 Å². The highest BCUT2D eigenvalue weighted by molar-refractivity contribution is 6.23. The van der Waals surface area contributed by atoms with Gasteiger partial charge in [0, 0.05) is 0 Å². The van der Waals surface area contributed by atoms with Crippen molar-refractivity contribution in [3.8, 4) is 17.2 Å². The molecule has 1 N–H and O–H groups in total. The smallest absolute Gasteiger partial charge is 0.266 e. The van der Waals surface area contributed by atoms with Gasteiger partial charge >= 0.3 is 0 Å². The number of phenols is 1. The largest absolute Gasteiger partial charge is 0.504 e. The molecule has 36 heavy (non-hydrogen) atoms. The van der Waals surface area contributed by atoms with Crippen LogP contribution in [0.15, 0.2) is 72.8 Å². The number of phenolic OH excluding ortho intramolecular Hbond substituents is 1. The number of nitrogens with zero attached hydrogens (tertiary/aromatic N) is 2. The van der Waals surface area contributed by atoms with Crippen LogP contribution < -0.4 is 19.4 Å². The first-order valence-electron chi connectivity index (χ1n) is 12.1. The molecule has 3 aromatic carbocycles. The molecule has 2 fully saturated rings. The summed E-state index contributed by atoms with van der Waals surface area (Å²) in [6, 6.07) is 20.6. The topological polar surface area (TPSA) is 88.5 Å². The fourth-order valence-corrected chi connectivity index (χ4v) is 4.70. The average Bonchev–Trinajstić information content (AvgIpc) is 3.41. The second-order valence-corrected chi connectivity index (χ2v) is 8.67. The Morgan fingerprint density at radius 3 is 2.33 bits per heavy atom. The number of hydrogen-bond acceptors (Lipinski definition) is 7. The van der Waals surface area contributed by atoms with Gasteiger partial charge in [0.05, 0.1) is 30.6 Å². The number of fused-ring (bicyclic) bond motifs is 1. The van der Waals surface area contributed by atoms with Gasteiger partial charge in [0.25, 0.3) is 5.91 Å². The minimum atomic E-state index is -0.983. The quantitative estimate of drug-likeness (QED) is 0.463. The maximum absolute atomic E-state index is 13.8. The molecule has 0 aromatic heterocycles. The lowest BCUT2D eigenvalue weighted by Crippen LogP contribution is -2.37. The minimum Gasteiger partial charge on any atom is -0.504 e. The van der Waals surface area contributed by atoms with Crippen LogP contribution in [0.5, 0.6) is 17.2 Å². The molecule has 2 heterocycles. The van der Waals surface area contributed by atoms with Crippen molar-refractivity contribution in [1.82, 2.24) is 0 Å². The third kappa shape index (κ3) is 4.13. The van der Waals surface area contributed by atoms with Crippen molar-refractivity contribution in [2.75, 3.05) is 23.2 Å². The summed E-state index contributed by atoms with van der Waals surface area (Å²) in [6.07, 6.45) is -0.101. The Kier molecular flexibility index (Phi) is 6.52. The standard InChI is InChI=1S/C28H28N2O6/c1-3-16-35-21-13-11-19(12-14-21)29-27(32)24-25(18-10-15-22(31)23(17-18)34-4-2)30(36-26(24)28(29)33)20-8-6-5-7-9-20/h5-15,17,24-26,31H,3-4,16H2,1-2H3/t24-,25-,26+/m1/s1. The van der Waals surface area contributed by atoms with Crippen LogP contribution in [0.25, 0.3) is 0 Å². The van der Waals surface area contributed by atoms with Crippen LogP contribution in [0, 0.1) is 5.92 Å². The Hall–Kier alpha value is -4.04. The number of ether oxygens (including phenoxy) is 2. The Morgan fingerprint density at radius 1 is 0.889 bits per heavy atom. The van der Waals surface area contributed by atoms with Crippen LogP contribution in [0.2, 0.25) is 0 Å². The van der Waals surface area contributed by atoms with Crippen LogP contribution in [-0.4, -0.2) is 36.2 Å². The van der Waals surface area contributed by atoms with Crippen molar-refractivity contribution in [2.45, 2.75) is 32.4 Å². The van der Waals surface area contributed by atoms with Gasteiger partial charge in [0.15, 0.2) is 17.6 Å². The zero-order chi connectivity index (χ0) is 25.2. The molecule has 0 aliphatic carbocycles. The summed E-state index contributed by atoms with van der Waals surface area (Å²) in [7, 11) is 0. The number of imide groups is 1. The van der Waals surface area contributed by atoms with E-state index in [-0.39, 0.29) is 11.7 Å². The van der Waals surface area contributed by atoms with Gasteiger partial charge < -0.3 is 14.6 Å². The van der Waals surface area contributed by atoms with Gasteiger partial charge in [0.2, 0.25) is 5.91 Å². The Balaban J connectivity index is 1.52. The molecule has 8 heteroatoms. The lowest BCUT2D eigenvalue weighted by molar-refractivity contribution is -0.126. The first-order valence-corrected chi connectivity index (χ1v) is 12.1. The van der Waals surface area contributed by atoms with E-state index in [0.29, 0.717) is 41.7 Å². The molecular weight excluding hydrogens is 460 g/mol. The molecule has 2 amide bonds. The number of amides is 2. The lowest BCUT2D eigenvalue weighted by atomic mass is 9.90. The van der Waals surface area contributed by atoms with Crippen molar-refractivity contribution >= 4 is 23.2 Å². The molecule has 0 unspecified atom stereocenters. The first-order chi connectivity index (χ1) is 17.5. The maximum Gasteiger partial charge on any atom is 0.266 e. The average molecular weight is 489 g/mol. The van der Waals surface area contributed by atoms with Crippen LogP contribution in [0.3, 0.4) is 0 Å². The Morgan fingerprint density at radius 2 is 1.64 bits per heavy atom. The molecule has 2 saturated heterocycles. The zero-order valence-corrected chi connectivity index (χ0v) is 20.2. The molecule has 5 rings (SSSR count). The van der Waals surface area contributed by atoms with Crippen molar-refractivity contribution < 1.29 is 29.0 Å². The van der Waals surface area contributed by atoms with Crippen molar-refractivity contribution in [3.05, 3.63) is 78.4 Å². The molecule has 2 aliphatic heterocycles. The summed E-state index contributed by atoms with van der Waals surface area (Å²) in [5, 5.41) is 11.8. The normalized spacial score (nSPS) is 21.1. The van der Waals surface area contributed by atoms with Crippen LogP contribution in [0.1, 0.15) is 31.9 Å². The summed E-state index contributed by atoms with van der Waals surface area (Å²) in [4.78, 5) is 34.6. The molecule has 3 atom stereocenters. The lowest BCUT2D eigenvalue weighted by Gasteiger charge is -2.29. The van der Waals surface area contributed by atoms with Gasteiger partial charge in [-0.1, -0.05) is 31.2 Å². The van der Waals surface area contributed by atoms with Crippen molar-refractivity contribution in [3.63, 3.8) is 0 Å². The second kappa shape index (κ2) is 9.91. The predicted octanol–water partition coefficient (Wildman–Crippen LogP) is 4.63. The number of rotatable bonds is 8. The van der Waals surface area contributed by atoms with Crippen LogP contribution in [-0.2, 0) is 14.4 Å². The van der Waals surface area contributed by atoms with Gasteiger partial charge in [-0.2, -0.15) is 0 Å². The Labute approximate surface area is 209 Å². The highest BCUT2D eigenvalue weighted by Gasteiger charge is 2.60. The molecule has 0 spiro atoms. The summed E-state index contributed by atoms with van der Waals surface area (Å²) >= 11 is 0. The van der Waals surface area contributed by atoms with E-state index < -0.39 is 24.0 Å². The molecule has 8 nitrogen and oxygen atoms in total. The number of hydrogen-bond donors (Lipinski definition) is 1. The number of benzene rings is 3. The Bertz CT molecular complexity index is 1250. The van der Waals surface area contributed by atoms with E-state index >= 15 is 0 Å². The number of hydroxylamine groups is 1. The summed E-state index contributed by atoms with van der Waals surface area (Å²) in [6.45, 7) is 4.81. The van der Waals surface area contributed by atoms with E-state index in [1.165, 1.54) is 11.0 Å². The third-order valence-corrected chi connectivity index (χ3v) is 6.32. The highest BCUT2D eigenvalue weighted by Crippen LogP contribution is 2.48. The molecule has 0 bridgehead atoms. The number of para-hydroxylation sites is 1. The van der Waals surface area contributed by atoms with E-state index in [4.69, 9.17) is 14.3 Å². The van der Waals surface area contributed by atoms with Gasteiger partial charge in [-0.15, -0.1) is 0 Å². The first kappa shape index (κ1) is 23.7. The molecular formula is C28H28N2O6. The summed E-state index contributed by atoms with van der Waals surface area (Å²) in [5.41, 5.74) is 1.88. The molecule has 2 aliphatic rings. The number of carbonyl (C=O) groups excluding carboxylic acids is 2. The third-order valence-electron chi connectivity index (χ3n) is 6.32. The molecule has 3 aromatic rings. The van der Waals surface area contributed by atoms with Gasteiger partial charge in [-0.05, 0) is 67.4 Å². The second-order valence-electron chi connectivity index (χ2n) is 8.67. The number of carbonyl (C=O) groups is 2. The maximum atomic E-state index is 13.8. The molecule has 0 saturated carbocycles. The minimum absolute atomic E-state index is 0.00293. The predicted molar refractivity (Wildman–Crippen MR) is 134 cm³/mol. The number of anilines is 2. The summed E-state index contributed by atoms with van der Waals surface area (Å²) in [5.74, 6) is -0.559. The SMILES string of the molecule is CCCOc1ccc(N2C(=O)[C@H]3[C@H](ON(c4ccccc4)[C@@H]3c3ccc(O)c(OCC)c3)C2=O)cc1. The molecule has 186 valence electrons. The van der Waals surface area contributed by atoms with Crippen LogP contribution >= 0.6 is 0 Å². The van der Waals surface area contributed by atoms with E-state index in [1.54, 1.807) is 41.5 Å². The summed E-state index contributed by atoms with van der Waals surface area (Å²) < 4.78 is 11.2. The fraction of sp³-hybridized carbons (Fsp3) is 0.286. The van der Waals surface area contributed by atoms with Crippen molar-refractivity contribution in [1.29, 1.82) is 0 Å². The number of aromatic hydroxyl groups is 1. The van der Waals surface area contributed by atoms with Crippen LogP contribution in [0.4, 0.5) is 11.4 Å². The van der Waals surface area contributed by atoms with E-state index in [0.717, 1.165) is 6.42 Å². The monoisotopic (exact) mass is 488 g/mol. The highest BCUT2D eigenvalue weighted by atomic mass is 16.7. The van der Waals surface area contributed by atoms with Gasteiger partial charge in [-0.25, -0.2) is 9.96 Å². The zero-order valence-electron chi connectivity index (χ0n) is 20.2. The van der Waals surface area contributed by atoms with Crippen molar-refractivity contribution in [2.24, 2.45) is 5.92 Å². The molecule has 0 radical (unpaired) electrons. The van der Waals surface area contributed by atoms with Gasteiger partial charge in [0.1, 0.15) is 11.7 Å².